The molecule has 4 heteroatoms. The quantitative estimate of drug-likeness (QED) is 0.819. The molecule has 1 saturated carbocycles. The summed E-state index contributed by atoms with van der Waals surface area (Å²) < 4.78 is 32.0. The van der Waals surface area contributed by atoms with Crippen LogP contribution in [0.4, 0.5) is 8.78 Å². The molecule has 0 radical (unpaired) electrons. The van der Waals surface area contributed by atoms with E-state index < -0.39 is 17.2 Å². The molecule has 21 heavy (non-hydrogen) atoms. The molecule has 1 aliphatic rings. The van der Waals surface area contributed by atoms with Gasteiger partial charge in [0.05, 0.1) is 0 Å². The molecule has 0 aromatic heterocycles. The summed E-state index contributed by atoms with van der Waals surface area (Å²) in [6.45, 7) is 4.54. The average Bonchev–Trinajstić information content (AvgIpc) is 2.46. The number of ketones is 1. The van der Waals surface area contributed by atoms with Crippen molar-refractivity contribution in [2.45, 2.75) is 51.6 Å². The number of ether oxygens (including phenoxy) is 1. The molecule has 1 fully saturated rings. The number of carbonyl (C=O) groups is 1. The molecule has 0 heterocycles. The highest BCUT2D eigenvalue weighted by Crippen LogP contribution is 2.36. The van der Waals surface area contributed by atoms with Gasteiger partial charge in [0, 0.05) is 13.0 Å². The molecular weight excluding hydrogens is 274 g/mol. The number of Topliss-reactive ketones (excluding diaryl/α,β-unsaturated/α-hetero) is 1. The zero-order valence-corrected chi connectivity index (χ0v) is 12.6. The van der Waals surface area contributed by atoms with Crippen molar-refractivity contribution in [3.63, 3.8) is 0 Å². The van der Waals surface area contributed by atoms with E-state index in [1.54, 1.807) is 0 Å². The van der Waals surface area contributed by atoms with Crippen molar-refractivity contribution >= 4 is 5.78 Å². The zero-order chi connectivity index (χ0) is 15.5. The van der Waals surface area contributed by atoms with Gasteiger partial charge in [0.1, 0.15) is 5.60 Å². The maximum atomic E-state index is 13.2. The van der Waals surface area contributed by atoms with Crippen LogP contribution < -0.4 is 0 Å². The number of hydrogen-bond donors (Lipinski definition) is 0. The number of halogens is 2. The maximum Gasteiger partial charge on any atom is 0.168 e. The third-order valence-corrected chi connectivity index (χ3v) is 4.36. The van der Waals surface area contributed by atoms with Gasteiger partial charge >= 0.3 is 0 Å². The average molecular weight is 296 g/mol. The van der Waals surface area contributed by atoms with E-state index in [2.05, 4.69) is 6.92 Å². The summed E-state index contributed by atoms with van der Waals surface area (Å²) in [6.07, 6.45) is 3.44. The van der Waals surface area contributed by atoms with Gasteiger partial charge in [-0.15, -0.1) is 0 Å². The highest BCUT2D eigenvalue weighted by atomic mass is 19.2. The molecule has 1 aromatic carbocycles. The minimum Gasteiger partial charge on any atom is -0.367 e. The molecule has 0 aliphatic heterocycles. The van der Waals surface area contributed by atoms with Crippen LogP contribution in [0.15, 0.2) is 18.2 Å². The maximum absolute atomic E-state index is 13.2. The molecular formula is C17H22F2O2. The van der Waals surface area contributed by atoms with Crippen LogP contribution in [0.25, 0.3) is 0 Å². The molecule has 2 rings (SSSR count). The highest BCUT2D eigenvalue weighted by molar-refractivity contribution is 5.89. The first-order chi connectivity index (χ1) is 9.97. The van der Waals surface area contributed by atoms with E-state index in [0.717, 1.165) is 25.0 Å². The lowest BCUT2D eigenvalue weighted by Gasteiger charge is -2.38. The molecule has 2 nitrogen and oxygen atoms in total. The Hall–Kier alpha value is -1.29. The molecule has 1 aromatic rings. The Bertz CT molecular complexity index is 506. The highest BCUT2D eigenvalue weighted by Gasteiger charge is 2.41. The molecule has 0 spiro atoms. The third-order valence-electron chi connectivity index (χ3n) is 4.36. The Morgan fingerprint density at radius 2 is 1.95 bits per heavy atom. The fourth-order valence-corrected chi connectivity index (χ4v) is 3.00. The van der Waals surface area contributed by atoms with Crippen LogP contribution in [0.1, 0.15) is 45.1 Å². The smallest absolute Gasteiger partial charge is 0.168 e. The van der Waals surface area contributed by atoms with E-state index in [9.17, 15) is 13.6 Å². The van der Waals surface area contributed by atoms with Crippen LogP contribution in [0.2, 0.25) is 0 Å². The van der Waals surface area contributed by atoms with Crippen molar-refractivity contribution < 1.29 is 18.3 Å². The SMILES string of the molecule is CCOC1(C(=O)Cc2ccc(F)c(F)c2)CCC(C)CC1. The number of hydrogen-bond acceptors (Lipinski definition) is 2. The molecule has 0 amide bonds. The van der Waals surface area contributed by atoms with E-state index in [4.69, 9.17) is 4.74 Å². The first-order valence-corrected chi connectivity index (χ1v) is 7.58. The van der Waals surface area contributed by atoms with Crippen LogP contribution in [0, 0.1) is 17.6 Å². The molecule has 0 unspecified atom stereocenters. The summed E-state index contributed by atoms with van der Waals surface area (Å²) in [5, 5.41) is 0. The molecule has 0 saturated heterocycles. The van der Waals surface area contributed by atoms with Gasteiger partial charge in [0.25, 0.3) is 0 Å². The van der Waals surface area contributed by atoms with Gasteiger partial charge < -0.3 is 4.74 Å². The Labute approximate surface area is 124 Å². The van der Waals surface area contributed by atoms with Crippen LogP contribution in [0.3, 0.4) is 0 Å². The minimum atomic E-state index is -0.914. The minimum absolute atomic E-state index is 0.0257. The van der Waals surface area contributed by atoms with Crippen molar-refractivity contribution in [1.82, 2.24) is 0 Å². The normalized spacial score (nSPS) is 25.8. The van der Waals surface area contributed by atoms with E-state index in [1.807, 2.05) is 6.92 Å². The van der Waals surface area contributed by atoms with Gasteiger partial charge in [-0.3, -0.25) is 4.79 Å². The predicted molar refractivity (Wildman–Crippen MR) is 77.1 cm³/mol. The summed E-state index contributed by atoms with van der Waals surface area (Å²) in [5.74, 6) is -1.22. The number of carbonyl (C=O) groups excluding carboxylic acids is 1. The van der Waals surface area contributed by atoms with Gasteiger partial charge in [-0.25, -0.2) is 8.78 Å². The van der Waals surface area contributed by atoms with Crippen LogP contribution in [0.5, 0.6) is 0 Å². The zero-order valence-electron chi connectivity index (χ0n) is 12.6. The summed E-state index contributed by atoms with van der Waals surface area (Å²) >= 11 is 0. The van der Waals surface area contributed by atoms with Crippen LogP contribution >= 0.6 is 0 Å². The number of rotatable bonds is 5. The van der Waals surface area contributed by atoms with Gasteiger partial charge in [0.2, 0.25) is 0 Å². The van der Waals surface area contributed by atoms with Crippen molar-refractivity contribution in [3.8, 4) is 0 Å². The van der Waals surface area contributed by atoms with Crippen LogP contribution in [-0.4, -0.2) is 18.0 Å². The lowest BCUT2D eigenvalue weighted by atomic mass is 9.76. The van der Waals surface area contributed by atoms with E-state index >= 15 is 0 Å². The van der Waals surface area contributed by atoms with Crippen molar-refractivity contribution in [2.75, 3.05) is 6.61 Å². The van der Waals surface area contributed by atoms with E-state index in [1.165, 1.54) is 6.07 Å². The fourth-order valence-electron chi connectivity index (χ4n) is 3.00. The first-order valence-electron chi connectivity index (χ1n) is 7.58. The predicted octanol–water partition coefficient (Wildman–Crippen LogP) is 4.06. The lowest BCUT2D eigenvalue weighted by molar-refractivity contribution is -0.149. The van der Waals surface area contributed by atoms with Gasteiger partial charge in [0.15, 0.2) is 17.4 Å². The second-order valence-electron chi connectivity index (χ2n) is 5.96. The second kappa shape index (κ2) is 6.65. The van der Waals surface area contributed by atoms with Crippen molar-refractivity contribution in [3.05, 3.63) is 35.4 Å². The Kier molecular flexibility index (Phi) is 5.09. The van der Waals surface area contributed by atoms with Gasteiger partial charge in [-0.2, -0.15) is 0 Å². The fraction of sp³-hybridized carbons (Fsp3) is 0.588. The standard InChI is InChI=1S/C17H22F2O2/c1-3-21-17(8-6-12(2)7-9-17)16(20)11-13-4-5-14(18)15(19)10-13/h4-5,10,12H,3,6-9,11H2,1-2H3. The van der Waals surface area contributed by atoms with Crippen LogP contribution in [-0.2, 0) is 16.0 Å². The summed E-state index contributed by atoms with van der Waals surface area (Å²) in [4.78, 5) is 12.6. The molecule has 116 valence electrons. The monoisotopic (exact) mass is 296 g/mol. The molecule has 0 bridgehead atoms. The summed E-state index contributed by atoms with van der Waals surface area (Å²) in [5.41, 5.74) is -0.247. The Balaban J connectivity index is 2.13. The largest absolute Gasteiger partial charge is 0.367 e. The lowest BCUT2D eigenvalue weighted by Crippen LogP contribution is -2.45. The van der Waals surface area contributed by atoms with Gasteiger partial charge in [-0.1, -0.05) is 13.0 Å². The van der Waals surface area contributed by atoms with E-state index in [0.29, 0.717) is 30.9 Å². The van der Waals surface area contributed by atoms with Crippen molar-refractivity contribution in [1.29, 1.82) is 0 Å². The molecule has 0 atom stereocenters. The Morgan fingerprint density at radius 3 is 2.52 bits per heavy atom. The topological polar surface area (TPSA) is 26.3 Å². The van der Waals surface area contributed by atoms with E-state index in [-0.39, 0.29) is 12.2 Å². The summed E-state index contributed by atoms with van der Waals surface area (Å²) in [6, 6.07) is 3.62. The van der Waals surface area contributed by atoms with Crippen molar-refractivity contribution in [2.24, 2.45) is 5.92 Å². The summed E-state index contributed by atoms with van der Waals surface area (Å²) in [7, 11) is 0. The first kappa shape index (κ1) is 16.1. The van der Waals surface area contributed by atoms with Gasteiger partial charge in [-0.05, 0) is 56.2 Å². The third kappa shape index (κ3) is 3.67. The Morgan fingerprint density at radius 1 is 1.29 bits per heavy atom. The molecule has 0 N–H and O–H groups in total. The molecule has 1 aliphatic carbocycles. The number of benzene rings is 1. The second-order valence-corrected chi connectivity index (χ2v) is 5.96.